The van der Waals surface area contributed by atoms with E-state index in [1.165, 1.54) is 16.2 Å². The molecular formula is C19H21F3N4O2S. The molecule has 0 saturated carbocycles. The van der Waals surface area contributed by atoms with E-state index in [0.29, 0.717) is 25.1 Å². The zero-order valence-electron chi connectivity index (χ0n) is 15.8. The Morgan fingerprint density at radius 2 is 2.07 bits per heavy atom. The Morgan fingerprint density at radius 1 is 1.28 bits per heavy atom. The van der Waals surface area contributed by atoms with Gasteiger partial charge in [0.1, 0.15) is 16.1 Å². The van der Waals surface area contributed by atoms with Gasteiger partial charge in [-0.05, 0) is 38.3 Å². The molecule has 1 fully saturated rings. The minimum absolute atomic E-state index is 0.291. The minimum atomic E-state index is -4.40. The molecule has 2 amide bonds. The number of rotatable bonds is 5. The number of amides is 2. The lowest BCUT2D eigenvalue weighted by Crippen LogP contribution is -2.50. The fourth-order valence-electron chi connectivity index (χ4n) is 3.26. The summed E-state index contributed by atoms with van der Waals surface area (Å²) in [5.74, 6) is -1.03. The molecule has 1 aliphatic rings. The Morgan fingerprint density at radius 3 is 2.76 bits per heavy atom. The Balaban J connectivity index is 1.69. The number of anilines is 1. The number of carbonyl (C=O) groups is 2. The van der Waals surface area contributed by atoms with Gasteiger partial charge >= 0.3 is 6.18 Å². The normalized spacial score (nSPS) is 17.2. The highest BCUT2D eigenvalue weighted by Crippen LogP contribution is 2.27. The van der Waals surface area contributed by atoms with Crippen LogP contribution in [0.5, 0.6) is 0 Å². The summed E-state index contributed by atoms with van der Waals surface area (Å²) < 4.78 is 37.3. The summed E-state index contributed by atoms with van der Waals surface area (Å²) in [5.41, 5.74) is 1.34. The van der Waals surface area contributed by atoms with Gasteiger partial charge in [-0.1, -0.05) is 23.5 Å². The first kappa shape index (κ1) is 21.2. The van der Waals surface area contributed by atoms with Gasteiger partial charge in [-0.3, -0.25) is 9.59 Å². The maximum atomic E-state index is 12.8. The number of aromatic nitrogens is 2. The van der Waals surface area contributed by atoms with Crippen LogP contribution in [0.3, 0.4) is 0 Å². The number of alkyl halides is 3. The number of nitrogens with zero attached hydrogens (tertiary/aromatic N) is 3. The molecule has 29 heavy (non-hydrogen) atoms. The standard InChI is InChI=1S/C19H21F3N4O2S/c1-12-24-25-18(29-12)13-5-4-6-14(11-13)23-17(28)15-7-2-3-10-26(15)16(27)8-9-19(20,21)22/h4-6,11,15H,2-3,7-10H2,1H3,(H,23,28)/t15-/m1/s1. The van der Waals surface area contributed by atoms with Crippen LogP contribution in [0.15, 0.2) is 24.3 Å². The molecule has 2 heterocycles. The predicted molar refractivity (Wildman–Crippen MR) is 103 cm³/mol. The zero-order chi connectivity index (χ0) is 21.0. The molecule has 1 aromatic carbocycles. The van der Waals surface area contributed by atoms with Gasteiger partial charge in [0.25, 0.3) is 0 Å². The topological polar surface area (TPSA) is 75.2 Å². The summed E-state index contributed by atoms with van der Waals surface area (Å²) in [5, 5.41) is 12.4. The molecule has 2 aromatic rings. The fourth-order valence-corrected chi connectivity index (χ4v) is 3.95. The fraction of sp³-hybridized carbons (Fsp3) is 0.474. The van der Waals surface area contributed by atoms with Crippen molar-refractivity contribution in [3.8, 4) is 10.6 Å². The Kier molecular flexibility index (Phi) is 6.51. The molecule has 0 unspecified atom stereocenters. The van der Waals surface area contributed by atoms with Crippen LogP contribution in [0, 0.1) is 6.92 Å². The Bertz CT molecular complexity index is 884. The number of likely N-dealkylation sites (tertiary alicyclic amines) is 1. The molecule has 1 atom stereocenters. The highest BCUT2D eigenvalue weighted by molar-refractivity contribution is 7.14. The van der Waals surface area contributed by atoms with E-state index in [4.69, 9.17) is 0 Å². The van der Waals surface area contributed by atoms with E-state index in [0.717, 1.165) is 22.0 Å². The second-order valence-electron chi connectivity index (χ2n) is 6.91. The average Bonchev–Trinajstić information content (AvgIpc) is 3.12. The number of piperidine rings is 1. The van der Waals surface area contributed by atoms with Gasteiger partial charge < -0.3 is 10.2 Å². The number of benzene rings is 1. The minimum Gasteiger partial charge on any atom is -0.331 e. The van der Waals surface area contributed by atoms with Crippen LogP contribution in [0.4, 0.5) is 18.9 Å². The molecule has 0 spiro atoms. The lowest BCUT2D eigenvalue weighted by atomic mass is 10.0. The van der Waals surface area contributed by atoms with Crippen LogP contribution in [-0.4, -0.2) is 45.7 Å². The molecule has 1 N–H and O–H groups in total. The van der Waals surface area contributed by atoms with E-state index < -0.39 is 36.9 Å². The molecule has 1 saturated heterocycles. The number of nitrogens with one attached hydrogen (secondary N) is 1. The van der Waals surface area contributed by atoms with Crippen LogP contribution >= 0.6 is 11.3 Å². The van der Waals surface area contributed by atoms with Crippen molar-refractivity contribution in [1.29, 1.82) is 0 Å². The van der Waals surface area contributed by atoms with E-state index in [-0.39, 0.29) is 0 Å². The van der Waals surface area contributed by atoms with Crippen LogP contribution in [0.25, 0.3) is 10.6 Å². The van der Waals surface area contributed by atoms with Crippen molar-refractivity contribution < 1.29 is 22.8 Å². The molecule has 156 valence electrons. The van der Waals surface area contributed by atoms with Gasteiger partial charge in [0.2, 0.25) is 11.8 Å². The summed E-state index contributed by atoms with van der Waals surface area (Å²) >= 11 is 1.43. The third kappa shape index (κ3) is 5.75. The van der Waals surface area contributed by atoms with Crippen molar-refractivity contribution in [3.05, 3.63) is 29.3 Å². The van der Waals surface area contributed by atoms with Crippen molar-refractivity contribution in [3.63, 3.8) is 0 Å². The van der Waals surface area contributed by atoms with Gasteiger partial charge in [0.15, 0.2) is 0 Å². The number of aryl methyl sites for hydroxylation is 1. The summed E-state index contributed by atoms with van der Waals surface area (Å²) in [6.07, 6.45) is -4.37. The molecule has 1 aliphatic heterocycles. The van der Waals surface area contributed by atoms with E-state index in [1.54, 1.807) is 18.2 Å². The second kappa shape index (κ2) is 8.89. The molecule has 6 nitrogen and oxygen atoms in total. The SMILES string of the molecule is Cc1nnc(-c2cccc(NC(=O)[C@H]3CCCCN3C(=O)CCC(F)(F)F)c2)s1. The number of carbonyl (C=O) groups excluding carboxylic acids is 2. The lowest BCUT2D eigenvalue weighted by Gasteiger charge is -2.35. The molecule has 0 bridgehead atoms. The summed E-state index contributed by atoms with van der Waals surface area (Å²) in [6, 6.07) is 6.33. The largest absolute Gasteiger partial charge is 0.389 e. The molecule has 1 aromatic heterocycles. The second-order valence-corrected chi connectivity index (χ2v) is 8.09. The third-order valence-corrected chi connectivity index (χ3v) is 5.54. The van der Waals surface area contributed by atoms with Gasteiger partial charge in [-0.25, -0.2) is 0 Å². The highest BCUT2D eigenvalue weighted by atomic mass is 32.1. The quantitative estimate of drug-likeness (QED) is 0.779. The first-order valence-electron chi connectivity index (χ1n) is 9.30. The summed E-state index contributed by atoms with van der Waals surface area (Å²) in [4.78, 5) is 26.3. The van der Waals surface area contributed by atoms with Crippen LogP contribution in [-0.2, 0) is 9.59 Å². The van der Waals surface area contributed by atoms with Crippen LogP contribution in [0.2, 0.25) is 0 Å². The maximum Gasteiger partial charge on any atom is 0.389 e. The van der Waals surface area contributed by atoms with Gasteiger partial charge in [-0.2, -0.15) is 13.2 Å². The Labute approximate surface area is 170 Å². The number of halogens is 3. The molecule has 0 radical (unpaired) electrons. The van der Waals surface area contributed by atoms with Gasteiger partial charge in [-0.15, -0.1) is 10.2 Å². The molecular weight excluding hydrogens is 405 g/mol. The maximum absolute atomic E-state index is 12.8. The number of hydrogen-bond acceptors (Lipinski definition) is 5. The zero-order valence-corrected chi connectivity index (χ0v) is 16.6. The van der Waals surface area contributed by atoms with E-state index in [9.17, 15) is 22.8 Å². The first-order valence-corrected chi connectivity index (χ1v) is 10.1. The Hall–Kier alpha value is -2.49. The lowest BCUT2D eigenvalue weighted by molar-refractivity contribution is -0.152. The smallest absolute Gasteiger partial charge is 0.331 e. The van der Waals surface area contributed by atoms with Crippen molar-refractivity contribution in [2.75, 3.05) is 11.9 Å². The third-order valence-electron chi connectivity index (χ3n) is 4.65. The van der Waals surface area contributed by atoms with Crippen molar-refractivity contribution >= 4 is 28.8 Å². The summed E-state index contributed by atoms with van der Waals surface area (Å²) in [6.45, 7) is 2.14. The molecule has 3 rings (SSSR count). The number of hydrogen-bond donors (Lipinski definition) is 1. The highest BCUT2D eigenvalue weighted by Gasteiger charge is 2.34. The van der Waals surface area contributed by atoms with Gasteiger partial charge in [0.05, 0.1) is 6.42 Å². The monoisotopic (exact) mass is 426 g/mol. The van der Waals surface area contributed by atoms with Crippen molar-refractivity contribution in [1.82, 2.24) is 15.1 Å². The van der Waals surface area contributed by atoms with Crippen molar-refractivity contribution in [2.45, 2.75) is 51.2 Å². The van der Waals surface area contributed by atoms with Gasteiger partial charge in [0, 0.05) is 24.2 Å². The van der Waals surface area contributed by atoms with E-state index in [2.05, 4.69) is 15.5 Å². The average molecular weight is 426 g/mol. The van der Waals surface area contributed by atoms with Crippen molar-refractivity contribution in [2.24, 2.45) is 0 Å². The summed E-state index contributed by atoms with van der Waals surface area (Å²) in [7, 11) is 0. The van der Waals surface area contributed by atoms with E-state index >= 15 is 0 Å². The molecule has 10 heteroatoms. The molecule has 0 aliphatic carbocycles. The van der Waals surface area contributed by atoms with E-state index in [1.807, 2.05) is 13.0 Å². The first-order chi connectivity index (χ1) is 13.7. The predicted octanol–water partition coefficient (Wildman–Crippen LogP) is 4.18. The van der Waals surface area contributed by atoms with Crippen LogP contribution in [0.1, 0.15) is 37.1 Å². The van der Waals surface area contributed by atoms with Crippen LogP contribution < -0.4 is 5.32 Å².